The molecule has 5 rings (SSSR count). The highest BCUT2D eigenvalue weighted by Crippen LogP contribution is 2.40. The SMILES string of the molecule is CCc1c2c(nc3ccc(OC(=O)N(C)CCN(C)C)cc13)-c1cc3c(c(=O)n1C2)COC(=O)[C@]3(O)CC. The van der Waals surface area contributed by atoms with Crippen LogP contribution in [0.1, 0.15) is 42.5 Å². The Balaban J connectivity index is 1.57. The molecule has 0 bridgehead atoms. The lowest BCUT2D eigenvalue weighted by Gasteiger charge is -2.31. The number of carbonyl (C=O) groups is 2. The van der Waals surface area contributed by atoms with Gasteiger partial charge in [0.15, 0.2) is 5.60 Å². The minimum absolute atomic E-state index is 0.0891. The predicted octanol–water partition coefficient (Wildman–Crippen LogP) is 2.63. The zero-order valence-corrected chi connectivity index (χ0v) is 22.3. The van der Waals surface area contributed by atoms with Crippen LogP contribution in [0.4, 0.5) is 4.79 Å². The summed E-state index contributed by atoms with van der Waals surface area (Å²) >= 11 is 0. The van der Waals surface area contributed by atoms with Crippen LogP contribution in [0.5, 0.6) is 5.75 Å². The van der Waals surface area contributed by atoms with E-state index >= 15 is 0 Å². The van der Waals surface area contributed by atoms with Gasteiger partial charge in [-0.2, -0.15) is 0 Å². The second-order valence-corrected chi connectivity index (χ2v) is 10.1. The third kappa shape index (κ3) is 4.04. The molecule has 0 saturated carbocycles. The first-order valence-corrected chi connectivity index (χ1v) is 12.8. The van der Waals surface area contributed by atoms with E-state index in [1.807, 2.05) is 32.0 Å². The molecule has 1 amide bonds. The van der Waals surface area contributed by atoms with E-state index in [0.717, 1.165) is 23.1 Å². The Labute approximate surface area is 220 Å². The molecule has 10 heteroatoms. The van der Waals surface area contributed by atoms with Crippen molar-refractivity contribution < 1.29 is 24.2 Å². The topological polar surface area (TPSA) is 114 Å². The van der Waals surface area contributed by atoms with Crippen molar-refractivity contribution in [2.24, 2.45) is 0 Å². The van der Waals surface area contributed by atoms with Crippen LogP contribution in [0.15, 0.2) is 29.1 Å². The summed E-state index contributed by atoms with van der Waals surface area (Å²) in [6.07, 6.45) is 0.319. The normalized spacial score (nSPS) is 17.7. The fraction of sp³-hybridized carbons (Fsp3) is 0.429. The molecule has 3 aromatic rings. The molecule has 200 valence electrons. The average Bonchev–Trinajstić information content (AvgIpc) is 3.26. The number of fused-ring (bicyclic) bond motifs is 5. The van der Waals surface area contributed by atoms with Gasteiger partial charge < -0.3 is 28.9 Å². The molecule has 1 aromatic carbocycles. The molecule has 10 nitrogen and oxygen atoms in total. The quantitative estimate of drug-likeness (QED) is 0.386. The molecule has 0 unspecified atom stereocenters. The van der Waals surface area contributed by atoms with Gasteiger partial charge in [0.25, 0.3) is 5.56 Å². The number of hydrogen-bond acceptors (Lipinski definition) is 8. The zero-order valence-electron chi connectivity index (χ0n) is 22.3. The summed E-state index contributed by atoms with van der Waals surface area (Å²) in [6, 6.07) is 7.04. The molecule has 2 aliphatic heterocycles. The van der Waals surface area contributed by atoms with Gasteiger partial charge in [0, 0.05) is 36.7 Å². The standard InChI is InChI=1S/C28H32N4O6/c1-6-17-18-12-16(38-27(35)31(5)11-10-30(3)4)8-9-22(18)29-24-19(17)14-32-23(24)13-21-20(25(32)33)15-37-26(34)28(21,36)7-2/h8-9,12-13,36H,6-7,10-11,14-15H2,1-5H3/t28-/m0/s1. The van der Waals surface area contributed by atoms with Crippen molar-refractivity contribution in [1.29, 1.82) is 0 Å². The Morgan fingerprint density at radius 3 is 2.61 bits per heavy atom. The number of pyridine rings is 2. The number of hydrogen-bond donors (Lipinski definition) is 1. The summed E-state index contributed by atoms with van der Waals surface area (Å²) < 4.78 is 12.4. The van der Waals surface area contributed by atoms with Crippen LogP contribution in [-0.2, 0) is 34.7 Å². The molecule has 2 aliphatic rings. The Hall–Kier alpha value is -3.76. The van der Waals surface area contributed by atoms with Crippen molar-refractivity contribution in [3.05, 3.63) is 56.9 Å². The Kier molecular flexibility index (Phi) is 6.48. The summed E-state index contributed by atoms with van der Waals surface area (Å²) in [5, 5.41) is 11.9. The minimum atomic E-state index is -1.87. The van der Waals surface area contributed by atoms with Crippen molar-refractivity contribution in [2.75, 3.05) is 34.2 Å². The fourth-order valence-electron chi connectivity index (χ4n) is 5.23. The molecule has 0 fully saturated rings. The van der Waals surface area contributed by atoms with Crippen molar-refractivity contribution >= 4 is 23.0 Å². The lowest BCUT2D eigenvalue weighted by molar-refractivity contribution is -0.172. The zero-order chi connectivity index (χ0) is 27.4. The maximum Gasteiger partial charge on any atom is 0.415 e. The molecule has 1 N–H and O–H groups in total. The van der Waals surface area contributed by atoms with Crippen LogP contribution < -0.4 is 10.3 Å². The van der Waals surface area contributed by atoms with E-state index < -0.39 is 17.7 Å². The molecule has 0 saturated heterocycles. The second-order valence-electron chi connectivity index (χ2n) is 10.1. The number of aromatic nitrogens is 2. The molecule has 0 spiro atoms. The third-order valence-corrected chi connectivity index (χ3v) is 7.53. The van der Waals surface area contributed by atoms with Gasteiger partial charge in [-0.1, -0.05) is 13.8 Å². The first-order chi connectivity index (χ1) is 18.1. The largest absolute Gasteiger partial charge is 0.458 e. The highest BCUT2D eigenvalue weighted by molar-refractivity contribution is 5.90. The Morgan fingerprint density at radius 2 is 1.92 bits per heavy atom. The number of esters is 1. The first kappa shape index (κ1) is 25.9. The summed E-state index contributed by atoms with van der Waals surface area (Å²) in [5.74, 6) is -0.326. The van der Waals surface area contributed by atoms with Crippen LogP contribution in [0.2, 0.25) is 0 Å². The van der Waals surface area contributed by atoms with Gasteiger partial charge in [-0.15, -0.1) is 0 Å². The highest BCUT2D eigenvalue weighted by Gasteiger charge is 2.45. The minimum Gasteiger partial charge on any atom is -0.458 e. The summed E-state index contributed by atoms with van der Waals surface area (Å²) in [7, 11) is 5.59. The first-order valence-electron chi connectivity index (χ1n) is 12.8. The maximum atomic E-state index is 13.5. The number of aliphatic hydroxyl groups is 1. The van der Waals surface area contributed by atoms with Crippen molar-refractivity contribution in [3.8, 4) is 17.1 Å². The van der Waals surface area contributed by atoms with E-state index in [-0.39, 0.29) is 18.6 Å². The molecular weight excluding hydrogens is 488 g/mol. The van der Waals surface area contributed by atoms with Crippen molar-refractivity contribution in [1.82, 2.24) is 19.4 Å². The average molecular weight is 521 g/mol. The number of amides is 1. The van der Waals surface area contributed by atoms with Gasteiger partial charge in [-0.25, -0.2) is 14.6 Å². The van der Waals surface area contributed by atoms with Gasteiger partial charge in [-0.05, 0) is 56.8 Å². The predicted molar refractivity (Wildman–Crippen MR) is 141 cm³/mol. The smallest absolute Gasteiger partial charge is 0.415 e. The van der Waals surface area contributed by atoms with Crippen LogP contribution in [-0.4, -0.2) is 70.8 Å². The molecule has 0 aliphatic carbocycles. The molecule has 2 aromatic heterocycles. The fourth-order valence-corrected chi connectivity index (χ4v) is 5.23. The van der Waals surface area contributed by atoms with Gasteiger partial charge in [0.2, 0.25) is 0 Å². The van der Waals surface area contributed by atoms with Gasteiger partial charge in [-0.3, -0.25) is 4.79 Å². The number of rotatable bonds is 6. The van der Waals surface area contributed by atoms with Crippen molar-refractivity contribution in [2.45, 2.75) is 45.4 Å². The van der Waals surface area contributed by atoms with E-state index in [1.54, 1.807) is 36.7 Å². The lowest BCUT2D eigenvalue weighted by Crippen LogP contribution is -2.44. The molecule has 38 heavy (non-hydrogen) atoms. The number of benzene rings is 1. The number of ether oxygens (including phenoxy) is 2. The van der Waals surface area contributed by atoms with Crippen LogP contribution >= 0.6 is 0 Å². The number of likely N-dealkylation sites (N-methyl/N-ethyl adjacent to an activating group) is 2. The number of cyclic esters (lactones) is 1. The summed E-state index contributed by atoms with van der Waals surface area (Å²) in [6.45, 7) is 5.12. The van der Waals surface area contributed by atoms with Crippen LogP contribution in [0.3, 0.4) is 0 Å². The van der Waals surface area contributed by atoms with Gasteiger partial charge in [0.1, 0.15) is 12.4 Å². The van der Waals surface area contributed by atoms with E-state index in [1.165, 1.54) is 4.90 Å². The number of carbonyl (C=O) groups excluding carboxylic acids is 2. The maximum absolute atomic E-state index is 13.5. The number of aryl methyl sites for hydroxylation is 1. The molecular formula is C28H32N4O6. The summed E-state index contributed by atoms with van der Waals surface area (Å²) in [4.78, 5) is 46.9. The summed E-state index contributed by atoms with van der Waals surface area (Å²) in [5.41, 5.74) is 2.25. The van der Waals surface area contributed by atoms with Crippen LogP contribution in [0, 0.1) is 0 Å². The highest BCUT2D eigenvalue weighted by atomic mass is 16.6. The van der Waals surface area contributed by atoms with E-state index in [2.05, 4.69) is 0 Å². The van der Waals surface area contributed by atoms with E-state index in [0.29, 0.717) is 53.3 Å². The van der Waals surface area contributed by atoms with E-state index in [4.69, 9.17) is 14.5 Å². The second kappa shape index (κ2) is 9.52. The van der Waals surface area contributed by atoms with Crippen molar-refractivity contribution in [3.63, 3.8) is 0 Å². The lowest BCUT2D eigenvalue weighted by atomic mass is 9.86. The Morgan fingerprint density at radius 1 is 1.16 bits per heavy atom. The van der Waals surface area contributed by atoms with Gasteiger partial charge in [0.05, 0.1) is 29.0 Å². The Bertz CT molecular complexity index is 1530. The van der Waals surface area contributed by atoms with Gasteiger partial charge >= 0.3 is 12.1 Å². The molecule has 4 heterocycles. The van der Waals surface area contributed by atoms with E-state index in [9.17, 15) is 19.5 Å². The third-order valence-electron chi connectivity index (χ3n) is 7.53. The molecule has 0 radical (unpaired) electrons. The molecule has 1 atom stereocenters. The van der Waals surface area contributed by atoms with Crippen LogP contribution in [0.25, 0.3) is 22.3 Å². The monoisotopic (exact) mass is 520 g/mol. The number of nitrogens with zero attached hydrogens (tertiary/aromatic N) is 4.